The summed E-state index contributed by atoms with van der Waals surface area (Å²) in [6, 6.07) is 16.0. The van der Waals surface area contributed by atoms with Crippen LogP contribution in [0.1, 0.15) is 33.9 Å². The van der Waals surface area contributed by atoms with Crippen LogP contribution in [0.25, 0.3) is 0 Å². The van der Waals surface area contributed by atoms with E-state index >= 15 is 0 Å². The number of rotatable bonds is 7. The van der Waals surface area contributed by atoms with Gasteiger partial charge < -0.3 is 19.4 Å². The molecule has 1 atom stereocenters. The molecule has 0 saturated carbocycles. The summed E-state index contributed by atoms with van der Waals surface area (Å²) in [5.41, 5.74) is 1.03. The van der Waals surface area contributed by atoms with Crippen LogP contribution in [0.5, 0.6) is 5.75 Å². The highest BCUT2D eigenvalue weighted by Gasteiger charge is 2.35. The maximum atomic E-state index is 13.3. The zero-order valence-electron chi connectivity index (χ0n) is 19.2. The summed E-state index contributed by atoms with van der Waals surface area (Å²) < 4.78 is 50.3. The molecule has 0 fully saturated rings. The van der Waals surface area contributed by atoms with Crippen LogP contribution in [-0.2, 0) is 33.6 Å². The molecule has 0 amide bonds. The van der Waals surface area contributed by atoms with Crippen molar-refractivity contribution in [2.24, 2.45) is 0 Å². The molecule has 194 valence electrons. The number of alkyl halides is 3. The summed E-state index contributed by atoms with van der Waals surface area (Å²) in [6.07, 6.45) is -5.30. The maximum absolute atomic E-state index is 13.3. The summed E-state index contributed by atoms with van der Waals surface area (Å²) in [6.45, 7) is -1.03. The maximum Gasteiger partial charge on any atom is 0.528 e. The van der Waals surface area contributed by atoms with Crippen LogP contribution in [0.2, 0.25) is 5.02 Å². The van der Waals surface area contributed by atoms with Crippen LogP contribution in [0.3, 0.4) is 0 Å². The zero-order valence-corrected chi connectivity index (χ0v) is 20.0. The molecule has 0 aliphatic carbocycles. The highest BCUT2D eigenvalue weighted by Crippen LogP contribution is 2.41. The minimum Gasteiger partial charge on any atom is -0.482 e. The number of ether oxygens (including phenoxy) is 2. The SMILES string of the molecule is O=C(O)COc1ccc(Cl)cc1C1c2ccccc2CCN1OC(=O)OCc1ccccc1C(F)(F)F. The monoisotopic (exact) mass is 535 g/mol. The molecular weight excluding hydrogens is 515 g/mol. The van der Waals surface area contributed by atoms with Crippen molar-refractivity contribution in [1.29, 1.82) is 0 Å². The molecule has 1 heterocycles. The molecule has 0 spiro atoms. The van der Waals surface area contributed by atoms with E-state index in [4.69, 9.17) is 31.0 Å². The second-order valence-electron chi connectivity index (χ2n) is 8.14. The van der Waals surface area contributed by atoms with Gasteiger partial charge in [0, 0.05) is 22.7 Å². The third kappa shape index (κ3) is 6.33. The van der Waals surface area contributed by atoms with Crippen molar-refractivity contribution in [3.05, 3.63) is 99.6 Å². The minimum atomic E-state index is -4.61. The van der Waals surface area contributed by atoms with Gasteiger partial charge in [0.1, 0.15) is 12.4 Å². The van der Waals surface area contributed by atoms with Gasteiger partial charge in [-0.2, -0.15) is 13.2 Å². The molecule has 1 aliphatic heterocycles. The summed E-state index contributed by atoms with van der Waals surface area (Å²) in [7, 11) is 0. The number of halogens is 4. The Morgan fingerprint density at radius 3 is 2.51 bits per heavy atom. The van der Waals surface area contributed by atoms with Crippen molar-refractivity contribution in [3.63, 3.8) is 0 Å². The number of carbonyl (C=O) groups is 2. The fraction of sp³-hybridized carbons (Fsp3) is 0.231. The molecule has 1 aliphatic rings. The van der Waals surface area contributed by atoms with Crippen molar-refractivity contribution in [3.8, 4) is 5.75 Å². The molecule has 1 unspecified atom stereocenters. The van der Waals surface area contributed by atoms with Crippen molar-refractivity contribution >= 4 is 23.7 Å². The second kappa shape index (κ2) is 11.1. The fourth-order valence-electron chi connectivity index (χ4n) is 4.15. The number of carboxylic acid groups (broad SMARTS) is 1. The lowest BCUT2D eigenvalue weighted by Crippen LogP contribution is -2.38. The van der Waals surface area contributed by atoms with E-state index in [-0.39, 0.29) is 17.9 Å². The van der Waals surface area contributed by atoms with E-state index in [9.17, 15) is 22.8 Å². The predicted molar refractivity (Wildman–Crippen MR) is 126 cm³/mol. The molecule has 7 nitrogen and oxygen atoms in total. The normalized spacial score (nSPS) is 15.5. The largest absolute Gasteiger partial charge is 0.528 e. The lowest BCUT2D eigenvalue weighted by Gasteiger charge is -2.36. The molecule has 0 saturated heterocycles. The Hall–Kier alpha value is -3.76. The molecule has 0 aromatic heterocycles. The van der Waals surface area contributed by atoms with Crippen LogP contribution >= 0.6 is 11.6 Å². The Balaban J connectivity index is 1.60. The van der Waals surface area contributed by atoms with E-state index in [0.29, 0.717) is 17.0 Å². The van der Waals surface area contributed by atoms with E-state index in [1.54, 1.807) is 12.1 Å². The first-order valence-electron chi connectivity index (χ1n) is 11.1. The highest BCUT2D eigenvalue weighted by atomic mass is 35.5. The van der Waals surface area contributed by atoms with Gasteiger partial charge >= 0.3 is 18.3 Å². The van der Waals surface area contributed by atoms with Crippen molar-refractivity contribution in [2.75, 3.05) is 13.2 Å². The van der Waals surface area contributed by atoms with Crippen molar-refractivity contribution in [1.82, 2.24) is 5.06 Å². The number of carboxylic acids is 1. The van der Waals surface area contributed by atoms with Gasteiger partial charge in [0.15, 0.2) is 6.61 Å². The lowest BCUT2D eigenvalue weighted by atomic mass is 9.89. The quantitative estimate of drug-likeness (QED) is 0.369. The summed E-state index contributed by atoms with van der Waals surface area (Å²) >= 11 is 6.23. The number of fused-ring (bicyclic) bond motifs is 1. The number of benzene rings is 3. The van der Waals surface area contributed by atoms with Gasteiger partial charge in [-0.15, -0.1) is 5.06 Å². The van der Waals surface area contributed by atoms with Gasteiger partial charge in [-0.05, 0) is 41.8 Å². The second-order valence-corrected chi connectivity index (χ2v) is 8.58. The number of hydrogen-bond acceptors (Lipinski definition) is 6. The van der Waals surface area contributed by atoms with Gasteiger partial charge in [-0.3, -0.25) is 0 Å². The molecule has 3 aromatic rings. The molecule has 1 N–H and O–H groups in total. The van der Waals surface area contributed by atoms with Gasteiger partial charge in [-0.25, -0.2) is 9.59 Å². The molecule has 4 rings (SSSR count). The average molecular weight is 536 g/mol. The topological polar surface area (TPSA) is 85.3 Å². The average Bonchev–Trinajstić information content (AvgIpc) is 2.86. The van der Waals surface area contributed by atoms with Crippen LogP contribution in [-0.4, -0.2) is 35.4 Å². The van der Waals surface area contributed by atoms with E-state index < -0.39 is 43.1 Å². The standard InChI is InChI=1S/C26H21ClF3NO6/c27-18-9-10-22(35-15-23(32)33)20(13-18)24-19-7-3-1-5-16(19)11-12-31(24)37-25(34)36-14-17-6-2-4-8-21(17)26(28,29)30/h1-10,13,24H,11-12,14-15H2,(H,32,33). The van der Waals surface area contributed by atoms with E-state index in [1.165, 1.54) is 35.4 Å². The first-order valence-corrected chi connectivity index (χ1v) is 11.5. The van der Waals surface area contributed by atoms with Crippen LogP contribution in [0.4, 0.5) is 18.0 Å². The fourth-order valence-corrected chi connectivity index (χ4v) is 4.33. The molecule has 37 heavy (non-hydrogen) atoms. The van der Waals surface area contributed by atoms with Crippen LogP contribution in [0, 0.1) is 0 Å². The van der Waals surface area contributed by atoms with Gasteiger partial charge in [-0.1, -0.05) is 54.1 Å². The summed E-state index contributed by atoms with van der Waals surface area (Å²) in [5.74, 6) is -0.963. The third-order valence-electron chi connectivity index (χ3n) is 5.72. The molecule has 0 bridgehead atoms. The first-order chi connectivity index (χ1) is 17.6. The van der Waals surface area contributed by atoms with Crippen LogP contribution < -0.4 is 4.74 Å². The number of aliphatic carboxylic acids is 1. The number of hydroxylamine groups is 2. The third-order valence-corrected chi connectivity index (χ3v) is 5.95. The Bertz CT molecular complexity index is 1300. The van der Waals surface area contributed by atoms with Gasteiger partial charge in [0.2, 0.25) is 0 Å². The van der Waals surface area contributed by atoms with E-state index in [0.717, 1.165) is 17.2 Å². The van der Waals surface area contributed by atoms with E-state index in [2.05, 4.69) is 0 Å². The molecular formula is C26H21ClF3NO6. The Morgan fingerprint density at radius 1 is 1.03 bits per heavy atom. The van der Waals surface area contributed by atoms with Gasteiger partial charge in [0.25, 0.3) is 0 Å². The lowest BCUT2D eigenvalue weighted by molar-refractivity contribution is -0.154. The number of hydrogen-bond donors (Lipinski definition) is 1. The van der Waals surface area contributed by atoms with E-state index in [1.807, 2.05) is 18.2 Å². The van der Waals surface area contributed by atoms with Crippen LogP contribution in [0.15, 0.2) is 66.7 Å². The summed E-state index contributed by atoms with van der Waals surface area (Å²) in [5, 5.41) is 10.7. The zero-order chi connectivity index (χ0) is 26.6. The highest BCUT2D eigenvalue weighted by molar-refractivity contribution is 6.30. The predicted octanol–water partition coefficient (Wildman–Crippen LogP) is 6.04. The Morgan fingerprint density at radius 2 is 1.76 bits per heavy atom. The smallest absolute Gasteiger partial charge is 0.482 e. The summed E-state index contributed by atoms with van der Waals surface area (Å²) in [4.78, 5) is 29.2. The Kier molecular flexibility index (Phi) is 7.89. The minimum absolute atomic E-state index is 0.216. The Labute approximate surface area is 214 Å². The van der Waals surface area contributed by atoms with Crippen molar-refractivity contribution < 1.29 is 42.2 Å². The van der Waals surface area contributed by atoms with Gasteiger partial charge in [0.05, 0.1) is 11.6 Å². The number of carbonyl (C=O) groups excluding carboxylic acids is 1. The molecule has 11 heteroatoms. The first kappa shape index (κ1) is 26.3. The number of nitrogens with zero attached hydrogens (tertiary/aromatic N) is 1. The molecule has 3 aromatic carbocycles. The molecule has 0 radical (unpaired) electrons. The van der Waals surface area contributed by atoms with Crippen molar-refractivity contribution in [2.45, 2.75) is 25.2 Å².